The summed E-state index contributed by atoms with van der Waals surface area (Å²) in [5.41, 5.74) is -0.167. The minimum atomic E-state index is -4.82. The second-order valence-electron chi connectivity index (χ2n) is 4.68. The molecule has 1 unspecified atom stereocenters. The third-order valence-electron chi connectivity index (χ3n) is 3.27. The second kappa shape index (κ2) is 5.50. The van der Waals surface area contributed by atoms with Gasteiger partial charge in [0.25, 0.3) is 0 Å². The second-order valence-corrected chi connectivity index (χ2v) is 4.68. The Morgan fingerprint density at radius 1 is 1.14 bits per heavy atom. The number of ketones is 1. The zero-order valence-electron chi connectivity index (χ0n) is 11.3. The van der Waals surface area contributed by atoms with Crippen molar-refractivity contribution in [1.82, 2.24) is 0 Å². The highest BCUT2D eigenvalue weighted by molar-refractivity contribution is 6.04. The van der Waals surface area contributed by atoms with Gasteiger partial charge in [-0.25, -0.2) is 0 Å². The highest BCUT2D eigenvalue weighted by Gasteiger charge is 2.49. The average Bonchev–Trinajstić information content (AvgIpc) is 2.45. The molecule has 0 aromatic heterocycles. The van der Waals surface area contributed by atoms with Crippen molar-refractivity contribution >= 4 is 11.4 Å². The monoisotopic (exact) mass is 301 g/mol. The molecule has 0 bridgehead atoms. The highest BCUT2D eigenvalue weighted by Crippen LogP contribution is 2.43. The van der Waals surface area contributed by atoms with E-state index in [1.165, 1.54) is 31.2 Å². The molecule has 0 heterocycles. The van der Waals surface area contributed by atoms with Crippen LogP contribution in [0, 0.1) is 34.7 Å². The lowest BCUT2D eigenvalue weighted by Gasteiger charge is -2.26. The first-order valence-corrected chi connectivity index (χ1v) is 6.16. The van der Waals surface area contributed by atoms with E-state index in [0.29, 0.717) is 0 Å². The summed E-state index contributed by atoms with van der Waals surface area (Å²) in [4.78, 5) is 11.8. The van der Waals surface area contributed by atoms with Crippen molar-refractivity contribution in [1.29, 1.82) is 10.5 Å². The molecule has 2 rings (SSSR count). The lowest BCUT2D eigenvalue weighted by Crippen LogP contribution is -2.34. The van der Waals surface area contributed by atoms with Gasteiger partial charge in [-0.15, -0.1) is 0 Å². The van der Waals surface area contributed by atoms with Gasteiger partial charge in [0.1, 0.15) is 5.92 Å². The predicted octanol–water partition coefficient (Wildman–Crippen LogP) is 3.35. The first-order valence-electron chi connectivity index (χ1n) is 6.16. The largest absolute Gasteiger partial charge is 0.403 e. The van der Waals surface area contributed by atoms with Gasteiger partial charge in [-0.05, 0) is 35.8 Å². The Kier molecular flexibility index (Phi) is 3.88. The number of hydrogen-bond donors (Lipinski definition) is 0. The van der Waals surface area contributed by atoms with Gasteiger partial charge in [-0.3, -0.25) is 4.79 Å². The van der Waals surface area contributed by atoms with Crippen LogP contribution in [0.3, 0.4) is 0 Å². The number of allylic oxidation sites excluding steroid dienone is 4. The van der Waals surface area contributed by atoms with Gasteiger partial charge in [0, 0.05) is 6.08 Å². The summed E-state index contributed by atoms with van der Waals surface area (Å²) in [5.74, 6) is -3.64. The van der Waals surface area contributed by atoms with Gasteiger partial charge in [0.05, 0.1) is 23.3 Å². The Balaban J connectivity index is 2.72. The molecule has 6 heteroatoms. The minimum Gasteiger partial charge on any atom is -0.293 e. The van der Waals surface area contributed by atoms with Crippen LogP contribution in [0.4, 0.5) is 13.2 Å². The van der Waals surface area contributed by atoms with Crippen molar-refractivity contribution in [2.24, 2.45) is 5.92 Å². The fourth-order valence-electron chi connectivity index (χ4n) is 2.29. The van der Waals surface area contributed by atoms with E-state index in [1.54, 1.807) is 6.07 Å². The van der Waals surface area contributed by atoms with Gasteiger partial charge in [-0.2, -0.15) is 23.7 Å². The van der Waals surface area contributed by atoms with Crippen LogP contribution in [0.2, 0.25) is 0 Å². The maximum absolute atomic E-state index is 13.2. The fraction of sp³-hybridized carbons (Fsp3) is 0.188. The zero-order valence-corrected chi connectivity index (χ0v) is 11.3. The molecule has 0 aliphatic heterocycles. The highest BCUT2D eigenvalue weighted by atomic mass is 19.4. The Hall–Kier alpha value is -2.86. The summed E-state index contributed by atoms with van der Waals surface area (Å²) in [6.07, 6.45) is -2.74. The first kappa shape index (κ1) is 15.5. The van der Waals surface area contributed by atoms with Crippen LogP contribution < -0.4 is 0 Å². The molecule has 22 heavy (non-hydrogen) atoms. The average molecular weight is 301 g/mol. The SMILES string of the molecule is CC1=[C]C(=O)C(C(F)(F)F)C(c2ccc(C#N)cc2)=C1C#N. The molecule has 0 saturated heterocycles. The van der Waals surface area contributed by atoms with E-state index < -0.39 is 17.9 Å². The van der Waals surface area contributed by atoms with E-state index >= 15 is 0 Å². The Bertz CT molecular complexity index is 772. The van der Waals surface area contributed by atoms with E-state index in [4.69, 9.17) is 10.5 Å². The van der Waals surface area contributed by atoms with Crippen LogP contribution in [0.25, 0.3) is 5.57 Å². The molecular formula is C16H8F3N2O. The van der Waals surface area contributed by atoms with Crippen molar-refractivity contribution < 1.29 is 18.0 Å². The van der Waals surface area contributed by atoms with Crippen LogP contribution in [-0.2, 0) is 4.79 Å². The molecule has 1 aliphatic rings. The summed E-state index contributed by atoms with van der Waals surface area (Å²) < 4.78 is 39.7. The zero-order chi connectivity index (χ0) is 16.5. The summed E-state index contributed by atoms with van der Waals surface area (Å²) >= 11 is 0. The molecule has 1 radical (unpaired) electrons. The number of benzene rings is 1. The van der Waals surface area contributed by atoms with Crippen molar-refractivity contribution in [3.05, 3.63) is 52.6 Å². The van der Waals surface area contributed by atoms with Gasteiger partial charge in [0.15, 0.2) is 5.78 Å². The minimum absolute atomic E-state index is 0.0763. The normalized spacial score (nSPS) is 18.5. The van der Waals surface area contributed by atoms with E-state index in [2.05, 4.69) is 6.08 Å². The standard InChI is InChI=1S/C16H8F3N2O/c1-9-6-13(22)15(16(17,18)19)14(12(9)8-21)11-4-2-10(7-20)3-5-11/h2-5,15H,1H3. The number of rotatable bonds is 1. The quantitative estimate of drug-likeness (QED) is 0.799. The van der Waals surface area contributed by atoms with Crippen molar-refractivity contribution in [3.8, 4) is 12.1 Å². The molecule has 1 aromatic rings. The number of nitrogens with zero attached hydrogens (tertiary/aromatic N) is 2. The molecule has 1 atom stereocenters. The number of carbonyl (C=O) groups excluding carboxylic acids is 1. The molecule has 1 aromatic carbocycles. The van der Waals surface area contributed by atoms with Gasteiger partial charge in [0.2, 0.25) is 0 Å². The smallest absolute Gasteiger partial charge is 0.293 e. The number of nitriles is 2. The van der Waals surface area contributed by atoms with Gasteiger partial charge < -0.3 is 0 Å². The molecule has 3 nitrogen and oxygen atoms in total. The fourth-order valence-corrected chi connectivity index (χ4v) is 2.29. The Morgan fingerprint density at radius 3 is 2.18 bits per heavy atom. The predicted molar refractivity (Wildman–Crippen MR) is 70.7 cm³/mol. The van der Waals surface area contributed by atoms with Crippen molar-refractivity contribution in [3.63, 3.8) is 0 Å². The number of halogens is 3. The molecule has 0 spiro atoms. The van der Waals surface area contributed by atoms with Crippen LogP contribution in [0.1, 0.15) is 18.1 Å². The third-order valence-corrected chi connectivity index (χ3v) is 3.27. The summed E-state index contributed by atoms with van der Waals surface area (Å²) in [6.45, 7) is 1.37. The van der Waals surface area contributed by atoms with Gasteiger partial charge >= 0.3 is 6.18 Å². The maximum atomic E-state index is 13.2. The Labute approximate surface area is 124 Å². The van der Waals surface area contributed by atoms with E-state index in [0.717, 1.165) is 0 Å². The molecular weight excluding hydrogens is 293 g/mol. The molecule has 0 N–H and O–H groups in total. The molecule has 1 aliphatic carbocycles. The summed E-state index contributed by atoms with van der Waals surface area (Å²) in [7, 11) is 0. The number of alkyl halides is 3. The van der Waals surface area contributed by atoms with E-state index in [-0.39, 0.29) is 27.8 Å². The third kappa shape index (κ3) is 2.64. The first-order chi connectivity index (χ1) is 10.3. The topological polar surface area (TPSA) is 64.7 Å². The van der Waals surface area contributed by atoms with Crippen molar-refractivity contribution in [2.75, 3.05) is 0 Å². The van der Waals surface area contributed by atoms with Crippen LogP contribution in [-0.4, -0.2) is 12.0 Å². The maximum Gasteiger partial charge on any atom is 0.403 e. The van der Waals surface area contributed by atoms with E-state index in [1.807, 2.05) is 6.07 Å². The number of carbonyl (C=O) groups is 1. The lowest BCUT2D eigenvalue weighted by atomic mass is 9.79. The van der Waals surface area contributed by atoms with E-state index in [9.17, 15) is 18.0 Å². The lowest BCUT2D eigenvalue weighted by molar-refractivity contribution is -0.166. The number of hydrogen-bond acceptors (Lipinski definition) is 3. The molecule has 109 valence electrons. The molecule has 0 amide bonds. The van der Waals surface area contributed by atoms with Gasteiger partial charge in [-0.1, -0.05) is 12.1 Å². The van der Waals surface area contributed by atoms with Crippen LogP contribution >= 0.6 is 0 Å². The molecule has 0 fully saturated rings. The van der Waals surface area contributed by atoms with Crippen LogP contribution in [0.15, 0.2) is 35.4 Å². The Morgan fingerprint density at radius 2 is 1.73 bits per heavy atom. The van der Waals surface area contributed by atoms with Crippen LogP contribution in [0.5, 0.6) is 0 Å². The van der Waals surface area contributed by atoms with Crippen molar-refractivity contribution in [2.45, 2.75) is 13.1 Å². The molecule has 0 saturated carbocycles. The number of Topliss-reactive ketones (excluding diaryl/α,β-unsaturated/α-hetero) is 1. The summed E-state index contributed by atoms with van der Waals surface area (Å²) in [6, 6.07) is 8.85. The summed E-state index contributed by atoms with van der Waals surface area (Å²) in [5, 5.41) is 17.9.